The summed E-state index contributed by atoms with van der Waals surface area (Å²) in [5.74, 6) is -1.09. The van der Waals surface area contributed by atoms with E-state index in [0.29, 0.717) is 38.3 Å². The summed E-state index contributed by atoms with van der Waals surface area (Å²) in [6.07, 6.45) is 0.648. The lowest BCUT2D eigenvalue weighted by Gasteiger charge is -2.17. The number of aromatic carboxylic acids is 1. The van der Waals surface area contributed by atoms with Gasteiger partial charge in [0.15, 0.2) is 0 Å². The van der Waals surface area contributed by atoms with E-state index in [1.165, 1.54) is 10.4 Å². The van der Waals surface area contributed by atoms with Crippen LogP contribution >= 0.6 is 11.3 Å². The van der Waals surface area contributed by atoms with E-state index in [1.807, 2.05) is 0 Å². The molecule has 0 amide bonds. The van der Waals surface area contributed by atoms with E-state index < -0.39 is 16.0 Å². The molecule has 2 heterocycles. The number of hydrogen-bond donors (Lipinski definition) is 1. The number of nitrogens with zero attached hydrogens (tertiary/aromatic N) is 1. The SMILES string of the molecule is Cc1cc(S(=O)(=O)N2CCCOCC2)sc1C(=O)O. The topological polar surface area (TPSA) is 83.9 Å². The van der Waals surface area contributed by atoms with Gasteiger partial charge in [-0.25, -0.2) is 13.2 Å². The smallest absolute Gasteiger partial charge is 0.346 e. The van der Waals surface area contributed by atoms with E-state index in [4.69, 9.17) is 9.84 Å². The Morgan fingerprint density at radius 2 is 2.16 bits per heavy atom. The summed E-state index contributed by atoms with van der Waals surface area (Å²) in [6, 6.07) is 1.43. The number of thiophene rings is 1. The van der Waals surface area contributed by atoms with Gasteiger partial charge in [0.2, 0.25) is 0 Å². The highest BCUT2D eigenvalue weighted by Gasteiger charge is 2.28. The first-order valence-corrected chi connectivity index (χ1v) is 8.10. The van der Waals surface area contributed by atoms with Gasteiger partial charge in [0.05, 0.1) is 6.61 Å². The van der Waals surface area contributed by atoms with Crippen LogP contribution in [-0.4, -0.2) is 50.1 Å². The van der Waals surface area contributed by atoms with E-state index in [2.05, 4.69) is 0 Å². The molecule has 1 saturated heterocycles. The Labute approximate surface area is 115 Å². The molecule has 0 bridgehead atoms. The molecule has 1 aliphatic heterocycles. The summed E-state index contributed by atoms with van der Waals surface area (Å²) in [7, 11) is -3.61. The van der Waals surface area contributed by atoms with E-state index in [0.717, 1.165) is 11.3 Å². The second-order valence-electron chi connectivity index (χ2n) is 4.25. The van der Waals surface area contributed by atoms with Crippen LogP contribution in [0.2, 0.25) is 0 Å². The third-order valence-electron chi connectivity index (χ3n) is 2.86. The predicted molar refractivity (Wildman–Crippen MR) is 70.2 cm³/mol. The van der Waals surface area contributed by atoms with Crippen LogP contribution in [0.5, 0.6) is 0 Å². The van der Waals surface area contributed by atoms with Crippen molar-refractivity contribution in [2.45, 2.75) is 17.6 Å². The molecule has 0 aliphatic carbocycles. The molecule has 0 radical (unpaired) electrons. The van der Waals surface area contributed by atoms with Gasteiger partial charge in [-0.05, 0) is 25.0 Å². The first kappa shape index (κ1) is 14.4. The lowest BCUT2D eigenvalue weighted by atomic mass is 10.3. The number of ether oxygens (including phenoxy) is 1. The molecule has 0 saturated carbocycles. The zero-order chi connectivity index (χ0) is 14.0. The molecule has 1 aromatic rings. The van der Waals surface area contributed by atoms with Crippen molar-refractivity contribution in [2.24, 2.45) is 0 Å². The third kappa shape index (κ3) is 2.97. The minimum absolute atomic E-state index is 0.0737. The Morgan fingerprint density at radius 3 is 2.79 bits per heavy atom. The van der Waals surface area contributed by atoms with Crippen LogP contribution < -0.4 is 0 Å². The normalized spacial score (nSPS) is 18.2. The third-order valence-corrected chi connectivity index (χ3v) is 6.44. The second-order valence-corrected chi connectivity index (χ2v) is 7.47. The van der Waals surface area contributed by atoms with Crippen LogP contribution in [0, 0.1) is 6.92 Å². The fraction of sp³-hybridized carbons (Fsp3) is 0.545. The van der Waals surface area contributed by atoms with Gasteiger partial charge in [0.25, 0.3) is 10.0 Å². The second kappa shape index (κ2) is 5.58. The molecule has 0 spiro atoms. The van der Waals surface area contributed by atoms with Crippen molar-refractivity contribution in [1.82, 2.24) is 4.31 Å². The average molecular weight is 305 g/mol. The fourth-order valence-electron chi connectivity index (χ4n) is 1.88. The van der Waals surface area contributed by atoms with Crippen molar-refractivity contribution in [2.75, 3.05) is 26.3 Å². The van der Waals surface area contributed by atoms with Crippen molar-refractivity contribution >= 4 is 27.3 Å². The summed E-state index contributed by atoms with van der Waals surface area (Å²) in [5.41, 5.74) is 0.474. The summed E-state index contributed by atoms with van der Waals surface area (Å²) in [4.78, 5) is 11.0. The van der Waals surface area contributed by atoms with Gasteiger partial charge < -0.3 is 9.84 Å². The molecule has 0 aromatic carbocycles. The Balaban J connectivity index is 2.33. The highest BCUT2D eigenvalue weighted by Crippen LogP contribution is 2.28. The predicted octanol–water partition coefficient (Wildman–Crippen LogP) is 1.17. The van der Waals surface area contributed by atoms with Crippen molar-refractivity contribution < 1.29 is 23.1 Å². The molecule has 19 heavy (non-hydrogen) atoms. The largest absolute Gasteiger partial charge is 0.477 e. The van der Waals surface area contributed by atoms with Crippen LogP contribution in [0.25, 0.3) is 0 Å². The zero-order valence-electron chi connectivity index (χ0n) is 10.5. The molecular formula is C11H15NO5S2. The molecule has 8 heteroatoms. The van der Waals surface area contributed by atoms with Crippen LogP contribution in [-0.2, 0) is 14.8 Å². The average Bonchev–Trinajstić information content (AvgIpc) is 2.58. The van der Waals surface area contributed by atoms with Gasteiger partial charge in [-0.3, -0.25) is 0 Å². The first-order valence-electron chi connectivity index (χ1n) is 5.84. The number of carbonyl (C=O) groups is 1. The van der Waals surface area contributed by atoms with E-state index in [1.54, 1.807) is 6.92 Å². The minimum atomic E-state index is -3.61. The zero-order valence-corrected chi connectivity index (χ0v) is 12.1. The van der Waals surface area contributed by atoms with E-state index in [-0.39, 0.29) is 9.09 Å². The van der Waals surface area contributed by atoms with Crippen molar-refractivity contribution in [1.29, 1.82) is 0 Å². The molecule has 1 N–H and O–H groups in total. The summed E-state index contributed by atoms with van der Waals surface area (Å²) >= 11 is 0.805. The van der Waals surface area contributed by atoms with Gasteiger partial charge in [-0.2, -0.15) is 4.31 Å². The van der Waals surface area contributed by atoms with Crippen molar-refractivity contribution in [3.63, 3.8) is 0 Å². The number of carboxylic acid groups (broad SMARTS) is 1. The highest BCUT2D eigenvalue weighted by atomic mass is 32.2. The molecule has 0 unspecified atom stereocenters. The standard InChI is InChI=1S/C11H15NO5S2/c1-8-7-9(18-10(8)11(13)14)19(15,16)12-3-2-5-17-6-4-12/h7H,2-6H2,1H3,(H,13,14). The van der Waals surface area contributed by atoms with Crippen molar-refractivity contribution in [3.8, 4) is 0 Å². The Morgan fingerprint density at radius 1 is 1.42 bits per heavy atom. The number of aryl methyl sites for hydroxylation is 1. The van der Waals surface area contributed by atoms with Crippen LogP contribution in [0.1, 0.15) is 21.7 Å². The van der Waals surface area contributed by atoms with Gasteiger partial charge in [-0.15, -0.1) is 11.3 Å². The summed E-state index contributed by atoms with van der Waals surface area (Å²) in [6.45, 7) is 3.24. The molecule has 2 rings (SSSR count). The van der Waals surface area contributed by atoms with Gasteiger partial charge in [0.1, 0.15) is 9.09 Å². The van der Waals surface area contributed by atoms with E-state index >= 15 is 0 Å². The number of rotatable bonds is 3. The number of sulfonamides is 1. The maximum Gasteiger partial charge on any atom is 0.346 e. The number of carboxylic acids is 1. The Hall–Kier alpha value is -0.960. The molecule has 0 atom stereocenters. The number of hydrogen-bond acceptors (Lipinski definition) is 5. The molecule has 1 fully saturated rings. The molecule has 106 valence electrons. The van der Waals surface area contributed by atoms with Crippen LogP contribution in [0.3, 0.4) is 0 Å². The first-order chi connectivity index (χ1) is 8.93. The minimum Gasteiger partial charge on any atom is -0.477 e. The van der Waals surface area contributed by atoms with Crippen molar-refractivity contribution in [3.05, 3.63) is 16.5 Å². The Bertz CT molecular complexity index is 570. The van der Waals surface area contributed by atoms with E-state index in [9.17, 15) is 13.2 Å². The highest BCUT2D eigenvalue weighted by molar-refractivity contribution is 7.91. The van der Waals surface area contributed by atoms with Gasteiger partial charge >= 0.3 is 5.97 Å². The van der Waals surface area contributed by atoms with Crippen LogP contribution in [0.15, 0.2) is 10.3 Å². The lowest BCUT2D eigenvalue weighted by molar-refractivity contribution is 0.0701. The molecule has 1 aromatic heterocycles. The molecule has 6 nitrogen and oxygen atoms in total. The lowest BCUT2D eigenvalue weighted by Crippen LogP contribution is -2.32. The maximum atomic E-state index is 12.4. The van der Waals surface area contributed by atoms with Crippen LogP contribution in [0.4, 0.5) is 0 Å². The Kier molecular flexibility index (Phi) is 4.24. The quantitative estimate of drug-likeness (QED) is 0.906. The fourth-order valence-corrected chi connectivity index (χ4v) is 4.88. The summed E-state index contributed by atoms with van der Waals surface area (Å²) in [5, 5.41) is 8.98. The van der Waals surface area contributed by atoms with Gasteiger partial charge in [-0.1, -0.05) is 0 Å². The van der Waals surface area contributed by atoms with Gasteiger partial charge in [0, 0.05) is 19.7 Å². The summed E-state index contributed by atoms with van der Waals surface area (Å²) < 4.78 is 31.5. The molecular weight excluding hydrogens is 290 g/mol. The molecule has 1 aliphatic rings. The monoisotopic (exact) mass is 305 g/mol. The maximum absolute atomic E-state index is 12.4.